The standard InChI is InChI=1S/C46H61ClN6O7/c1-29(2)60-42-16-13-31(20-43(42)59-3)46(58)53-25-32-23-52(24-33(28-54)37-22-50-41-21-34(47)14-15-36(37)41)26-39(38(32)27-53)44(56)51-40(45(57)49-18-6-4-5-17-48)12-8-10-30-9-7-11-35(55)19-30/h7,9,11,13-16,19-22,28-29,32-33,38-40,44,50-51,55-56H,4-6,8,10,12,17-18,23-27,48H2,1-3H3,(H,49,57)/t32?,33?,38?,39?,40-,44?/m0/s1. The van der Waals surface area contributed by atoms with Gasteiger partial charge in [0, 0.05) is 72.9 Å². The number of amides is 2. The normalized spacial score (nSPS) is 19.5. The van der Waals surface area contributed by atoms with E-state index < -0.39 is 18.2 Å². The lowest BCUT2D eigenvalue weighted by molar-refractivity contribution is -0.125. The van der Waals surface area contributed by atoms with Crippen molar-refractivity contribution < 1.29 is 34.1 Å². The number of nitrogens with one attached hydrogen (secondary N) is 3. The molecule has 6 rings (SSSR count). The fourth-order valence-corrected chi connectivity index (χ4v) is 9.11. The molecule has 2 aliphatic rings. The number of aromatic hydroxyl groups is 1. The minimum atomic E-state index is -1.10. The van der Waals surface area contributed by atoms with Crippen LogP contribution < -0.4 is 25.8 Å². The largest absolute Gasteiger partial charge is 0.508 e. The monoisotopic (exact) mass is 844 g/mol. The van der Waals surface area contributed by atoms with Crippen LogP contribution in [0.1, 0.15) is 73.4 Å². The second kappa shape index (κ2) is 21.2. The zero-order valence-corrected chi connectivity index (χ0v) is 35.7. The fraction of sp³-hybridized carbons (Fsp3) is 0.500. The number of piperidine rings is 1. The van der Waals surface area contributed by atoms with Crippen molar-refractivity contribution in [1.29, 1.82) is 0 Å². The van der Waals surface area contributed by atoms with Gasteiger partial charge in [0.25, 0.3) is 5.91 Å². The molecule has 14 heteroatoms. The summed E-state index contributed by atoms with van der Waals surface area (Å²) in [7, 11) is 1.55. The number of nitrogens with two attached hydrogens (primary N) is 1. The topological polar surface area (TPSA) is 182 Å². The summed E-state index contributed by atoms with van der Waals surface area (Å²) in [6.45, 7) is 7.31. The van der Waals surface area contributed by atoms with Crippen LogP contribution >= 0.6 is 11.6 Å². The number of halogens is 1. The second-order valence-corrected chi connectivity index (χ2v) is 17.0. The molecule has 7 N–H and O–H groups in total. The van der Waals surface area contributed by atoms with E-state index >= 15 is 0 Å². The number of fused-ring (bicyclic) bond motifs is 2. The number of aliphatic hydroxyl groups is 1. The maximum Gasteiger partial charge on any atom is 0.254 e. The van der Waals surface area contributed by atoms with Crippen LogP contribution in [0.25, 0.3) is 10.9 Å². The van der Waals surface area contributed by atoms with E-state index in [0.29, 0.717) is 87.2 Å². The Morgan fingerprint density at radius 3 is 2.60 bits per heavy atom. The number of hydrogen-bond donors (Lipinski definition) is 6. The average Bonchev–Trinajstić information content (AvgIpc) is 3.86. The van der Waals surface area contributed by atoms with Gasteiger partial charge in [-0.3, -0.25) is 14.9 Å². The number of nitrogens with zero attached hydrogens (tertiary/aromatic N) is 2. The molecule has 4 aromatic rings. The molecule has 0 bridgehead atoms. The van der Waals surface area contributed by atoms with Crippen molar-refractivity contribution in [2.24, 2.45) is 23.5 Å². The number of aryl methyl sites for hydroxylation is 1. The first-order valence-corrected chi connectivity index (χ1v) is 21.6. The summed E-state index contributed by atoms with van der Waals surface area (Å²) in [5.74, 6) is -0.0492. The molecule has 6 atom stereocenters. The summed E-state index contributed by atoms with van der Waals surface area (Å²) in [6.07, 6.45) is 5.99. The predicted octanol–water partition coefficient (Wildman–Crippen LogP) is 5.47. The van der Waals surface area contributed by atoms with Crippen LogP contribution in [0.5, 0.6) is 17.2 Å². The average molecular weight is 845 g/mol. The molecule has 2 saturated heterocycles. The molecule has 2 amide bonds. The molecular formula is C46H61ClN6O7. The maximum absolute atomic E-state index is 14.2. The minimum absolute atomic E-state index is 0.00995. The zero-order chi connectivity index (χ0) is 42.8. The molecule has 13 nitrogen and oxygen atoms in total. The van der Waals surface area contributed by atoms with Crippen LogP contribution in [-0.2, 0) is 16.0 Å². The molecule has 3 aromatic carbocycles. The van der Waals surface area contributed by atoms with Gasteiger partial charge in [0.2, 0.25) is 5.91 Å². The van der Waals surface area contributed by atoms with Crippen LogP contribution in [0.2, 0.25) is 5.02 Å². The molecule has 2 fully saturated rings. The third-order valence-corrected chi connectivity index (χ3v) is 12.1. The highest BCUT2D eigenvalue weighted by Gasteiger charge is 2.47. The molecule has 60 heavy (non-hydrogen) atoms. The number of unbranched alkanes of at least 4 members (excludes halogenated alkanes) is 2. The second-order valence-electron chi connectivity index (χ2n) is 16.6. The summed E-state index contributed by atoms with van der Waals surface area (Å²) >= 11 is 6.26. The van der Waals surface area contributed by atoms with E-state index in [-0.39, 0.29) is 41.4 Å². The van der Waals surface area contributed by atoms with Crippen LogP contribution in [-0.4, -0.2) is 114 Å². The highest BCUT2D eigenvalue weighted by Crippen LogP contribution is 2.39. The molecule has 1 aromatic heterocycles. The first-order valence-electron chi connectivity index (χ1n) is 21.3. The van der Waals surface area contributed by atoms with Crippen molar-refractivity contribution >= 4 is 40.6 Å². The van der Waals surface area contributed by atoms with Gasteiger partial charge in [-0.1, -0.05) is 36.2 Å². The molecule has 3 heterocycles. The van der Waals surface area contributed by atoms with Gasteiger partial charge in [0.15, 0.2) is 11.5 Å². The molecule has 0 aliphatic carbocycles. The van der Waals surface area contributed by atoms with Crippen LogP contribution in [0.4, 0.5) is 0 Å². The van der Waals surface area contributed by atoms with Crippen molar-refractivity contribution in [2.75, 3.05) is 52.9 Å². The summed E-state index contributed by atoms with van der Waals surface area (Å²) < 4.78 is 11.5. The third kappa shape index (κ3) is 11.4. The molecule has 0 saturated carbocycles. The molecule has 324 valence electrons. The number of hydrogen-bond acceptors (Lipinski definition) is 10. The van der Waals surface area contributed by atoms with E-state index in [1.165, 1.54) is 0 Å². The lowest BCUT2D eigenvalue weighted by Crippen LogP contribution is -2.57. The van der Waals surface area contributed by atoms with E-state index in [0.717, 1.165) is 47.6 Å². The van der Waals surface area contributed by atoms with E-state index in [1.54, 1.807) is 43.5 Å². The van der Waals surface area contributed by atoms with Gasteiger partial charge < -0.3 is 50.3 Å². The van der Waals surface area contributed by atoms with Crippen molar-refractivity contribution in [3.63, 3.8) is 0 Å². The number of likely N-dealkylation sites (tertiary alicyclic amines) is 2. The Bertz CT molecular complexity index is 2060. The first kappa shape index (κ1) is 44.9. The number of carbonyl (C=O) groups is 3. The van der Waals surface area contributed by atoms with Crippen LogP contribution in [0.15, 0.2) is 66.9 Å². The van der Waals surface area contributed by atoms with Gasteiger partial charge in [-0.15, -0.1) is 0 Å². The summed E-state index contributed by atoms with van der Waals surface area (Å²) in [4.78, 5) is 48.1. The molecule has 0 spiro atoms. The Morgan fingerprint density at radius 1 is 1.02 bits per heavy atom. The zero-order valence-electron chi connectivity index (χ0n) is 34.9. The lowest BCUT2D eigenvalue weighted by Gasteiger charge is -2.43. The first-order chi connectivity index (χ1) is 29.0. The van der Waals surface area contributed by atoms with E-state index in [9.17, 15) is 24.6 Å². The number of ether oxygens (including phenoxy) is 2. The van der Waals surface area contributed by atoms with Crippen molar-refractivity contribution in [2.45, 2.75) is 76.7 Å². The van der Waals surface area contributed by atoms with E-state index in [4.69, 9.17) is 26.8 Å². The summed E-state index contributed by atoms with van der Waals surface area (Å²) in [5, 5.41) is 30.1. The number of aromatic amines is 1. The van der Waals surface area contributed by atoms with E-state index in [1.807, 2.05) is 49.2 Å². The Balaban J connectivity index is 1.23. The number of phenols is 1. The molecule has 5 unspecified atom stereocenters. The van der Waals surface area contributed by atoms with Gasteiger partial charge in [-0.05, 0) is 118 Å². The summed E-state index contributed by atoms with van der Waals surface area (Å²) in [5.41, 5.74) is 8.82. The number of methoxy groups -OCH3 is 1. The van der Waals surface area contributed by atoms with Crippen molar-refractivity contribution in [1.82, 2.24) is 25.4 Å². The van der Waals surface area contributed by atoms with Crippen LogP contribution in [0.3, 0.4) is 0 Å². The number of aromatic nitrogens is 1. The Hall–Kier alpha value is -4.66. The summed E-state index contributed by atoms with van der Waals surface area (Å²) in [6, 6.07) is 17.2. The lowest BCUT2D eigenvalue weighted by atomic mass is 9.78. The highest BCUT2D eigenvalue weighted by molar-refractivity contribution is 6.31. The fourth-order valence-electron chi connectivity index (χ4n) is 8.94. The highest BCUT2D eigenvalue weighted by atomic mass is 35.5. The number of rotatable bonds is 21. The van der Waals surface area contributed by atoms with Gasteiger partial charge in [0.05, 0.1) is 25.2 Å². The third-order valence-electron chi connectivity index (χ3n) is 11.9. The van der Waals surface area contributed by atoms with E-state index in [2.05, 4.69) is 20.5 Å². The minimum Gasteiger partial charge on any atom is -0.508 e. The predicted molar refractivity (Wildman–Crippen MR) is 234 cm³/mol. The van der Waals surface area contributed by atoms with Crippen LogP contribution in [0, 0.1) is 17.8 Å². The number of H-pyrrole nitrogens is 1. The Morgan fingerprint density at radius 2 is 1.85 bits per heavy atom. The molecule has 2 aliphatic heterocycles. The van der Waals surface area contributed by atoms with Crippen molar-refractivity contribution in [3.8, 4) is 17.2 Å². The van der Waals surface area contributed by atoms with Gasteiger partial charge >= 0.3 is 0 Å². The molecule has 0 radical (unpaired) electrons. The number of phenolic OH excluding ortho intramolecular Hbond substituents is 1. The maximum atomic E-state index is 14.2. The van der Waals surface area contributed by atoms with Gasteiger partial charge in [-0.25, -0.2) is 0 Å². The Kier molecular flexibility index (Phi) is 15.9. The SMILES string of the molecule is COc1cc(C(=O)N2CC3CN(CC(C=O)c4c[nH]c5cc(Cl)ccc45)CC(C(O)N[C@@H](CCCc4cccc(O)c4)C(=O)NCCCCCN)C3C2)ccc1OC(C)C. The number of aliphatic hydroxyl groups excluding tert-OH is 1. The molecular weight excluding hydrogens is 784 g/mol. The van der Waals surface area contributed by atoms with Gasteiger partial charge in [0.1, 0.15) is 18.3 Å². The Labute approximate surface area is 357 Å². The van der Waals surface area contributed by atoms with Gasteiger partial charge in [-0.2, -0.15) is 0 Å². The number of aldehydes is 1. The van der Waals surface area contributed by atoms with Crippen molar-refractivity contribution in [3.05, 3.63) is 88.6 Å². The quantitative estimate of drug-likeness (QED) is 0.0358. The smallest absolute Gasteiger partial charge is 0.254 e. The number of carbonyl (C=O) groups excluding carboxylic acids is 3. The number of benzene rings is 3.